The van der Waals surface area contributed by atoms with Crippen molar-refractivity contribution in [2.45, 2.75) is 13.3 Å². The molecule has 16 heavy (non-hydrogen) atoms. The lowest BCUT2D eigenvalue weighted by atomic mass is 9.91. The number of carboxylic acids is 1. The molecular weight excluding hydrogens is 208 g/mol. The van der Waals surface area contributed by atoms with Gasteiger partial charge in [0.1, 0.15) is 0 Å². The molecule has 1 aromatic carbocycles. The van der Waals surface area contributed by atoms with Gasteiger partial charge in [0, 0.05) is 5.56 Å². The second-order valence-electron chi connectivity index (χ2n) is 3.36. The van der Waals surface area contributed by atoms with Crippen molar-refractivity contribution in [1.29, 1.82) is 0 Å². The number of Topliss-reactive ketones (excluding diaryl/α,β-unsaturated/α-hetero) is 2. The minimum atomic E-state index is -1.56. The first-order valence-electron chi connectivity index (χ1n) is 4.94. The summed E-state index contributed by atoms with van der Waals surface area (Å²) in [6.45, 7) is 1.62. The van der Waals surface area contributed by atoms with Crippen molar-refractivity contribution >= 4 is 17.5 Å². The summed E-state index contributed by atoms with van der Waals surface area (Å²) in [5.74, 6) is -4.12. The van der Waals surface area contributed by atoms with Gasteiger partial charge in [-0.2, -0.15) is 0 Å². The van der Waals surface area contributed by atoms with E-state index in [4.69, 9.17) is 5.11 Å². The van der Waals surface area contributed by atoms with Crippen molar-refractivity contribution in [3.05, 3.63) is 35.9 Å². The van der Waals surface area contributed by atoms with Gasteiger partial charge in [0.15, 0.2) is 5.78 Å². The monoisotopic (exact) mass is 220 g/mol. The summed E-state index contributed by atoms with van der Waals surface area (Å²) in [6.07, 6.45) is 0.193. The van der Waals surface area contributed by atoms with E-state index in [0.29, 0.717) is 5.56 Å². The molecule has 0 aliphatic heterocycles. The highest BCUT2D eigenvalue weighted by molar-refractivity contribution is 6.38. The molecule has 1 unspecified atom stereocenters. The summed E-state index contributed by atoms with van der Waals surface area (Å²) in [7, 11) is 0. The third-order valence-electron chi connectivity index (χ3n) is 2.31. The second-order valence-corrected chi connectivity index (χ2v) is 3.36. The lowest BCUT2D eigenvalue weighted by Gasteiger charge is -2.09. The zero-order valence-corrected chi connectivity index (χ0v) is 8.84. The molecule has 0 aliphatic rings. The number of carbonyl (C=O) groups excluding carboxylic acids is 2. The molecule has 84 valence electrons. The molecule has 1 N–H and O–H groups in total. The van der Waals surface area contributed by atoms with E-state index in [2.05, 4.69) is 0 Å². The average molecular weight is 220 g/mol. The van der Waals surface area contributed by atoms with Gasteiger partial charge in [-0.05, 0) is 6.42 Å². The van der Waals surface area contributed by atoms with Crippen LogP contribution in [0.5, 0.6) is 0 Å². The minimum Gasteiger partial charge on any atom is -0.475 e. The summed E-state index contributed by atoms with van der Waals surface area (Å²) in [6, 6.07) is 8.23. The number of ketones is 2. The van der Waals surface area contributed by atoms with E-state index >= 15 is 0 Å². The van der Waals surface area contributed by atoms with E-state index in [1.165, 1.54) is 0 Å². The molecule has 1 atom stereocenters. The van der Waals surface area contributed by atoms with Gasteiger partial charge in [0.05, 0.1) is 5.92 Å². The molecule has 0 heterocycles. The Morgan fingerprint density at radius 1 is 1.19 bits per heavy atom. The highest BCUT2D eigenvalue weighted by atomic mass is 16.4. The predicted molar refractivity (Wildman–Crippen MR) is 57.2 cm³/mol. The quantitative estimate of drug-likeness (QED) is 0.464. The largest absolute Gasteiger partial charge is 0.475 e. The summed E-state index contributed by atoms with van der Waals surface area (Å²) < 4.78 is 0. The SMILES string of the molecule is CCC(C(=O)C(=O)O)C(=O)c1ccccc1. The Bertz CT molecular complexity index is 408. The van der Waals surface area contributed by atoms with Crippen LogP contribution in [0, 0.1) is 5.92 Å². The Morgan fingerprint density at radius 3 is 2.19 bits per heavy atom. The molecule has 1 aromatic rings. The highest BCUT2D eigenvalue weighted by Crippen LogP contribution is 2.13. The van der Waals surface area contributed by atoms with Gasteiger partial charge in [0.25, 0.3) is 5.78 Å². The first-order valence-corrected chi connectivity index (χ1v) is 4.94. The topological polar surface area (TPSA) is 71.4 Å². The number of hydrogen-bond donors (Lipinski definition) is 1. The fourth-order valence-corrected chi connectivity index (χ4v) is 1.44. The van der Waals surface area contributed by atoms with Crippen LogP contribution in [-0.4, -0.2) is 22.6 Å². The first kappa shape index (κ1) is 12.1. The van der Waals surface area contributed by atoms with Crippen molar-refractivity contribution in [2.75, 3.05) is 0 Å². The molecule has 0 saturated carbocycles. The first-order chi connectivity index (χ1) is 7.57. The van der Waals surface area contributed by atoms with Crippen molar-refractivity contribution < 1.29 is 19.5 Å². The normalized spacial score (nSPS) is 11.8. The maximum absolute atomic E-state index is 11.8. The summed E-state index contributed by atoms with van der Waals surface area (Å²) in [5.41, 5.74) is 0.365. The number of carbonyl (C=O) groups is 3. The Hall–Kier alpha value is -1.97. The van der Waals surface area contributed by atoms with Crippen LogP contribution in [0.1, 0.15) is 23.7 Å². The highest BCUT2D eigenvalue weighted by Gasteiger charge is 2.30. The van der Waals surface area contributed by atoms with E-state index in [9.17, 15) is 14.4 Å². The van der Waals surface area contributed by atoms with E-state index in [-0.39, 0.29) is 6.42 Å². The Morgan fingerprint density at radius 2 is 1.75 bits per heavy atom. The van der Waals surface area contributed by atoms with Crippen molar-refractivity contribution in [3.63, 3.8) is 0 Å². The molecule has 4 heteroatoms. The van der Waals surface area contributed by atoms with Gasteiger partial charge < -0.3 is 5.11 Å². The molecule has 0 spiro atoms. The molecule has 1 rings (SSSR count). The zero-order valence-electron chi connectivity index (χ0n) is 8.84. The summed E-state index contributed by atoms with van der Waals surface area (Å²) >= 11 is 0. The van der Waals surface area contributed by atoms with Crippen LogP contribution < -0.4 is 0 Å². The summed E-state index contributed by atoms with van der Waals surface area (Å²) in [4.78, 5) is 33.6. The smallest absolute Gasteiger partial charge is 0.372 e. The van der Waals surface area contributed by atoms with Gasteiger partial charge >= 0.3 is 5.97 Å². The van der Waals surface area contributed by atoms with Gasteiger partial charge in [0.2, 0.25) is 0 Å². The molecule has 0 amide bonds. The number of rotatable bonds is 5. The maximum atomic E-state index is 11.8. The summed E-state index contributed by atoms with van der Waals surface area (Å²) in [5, 5.41) is 8.58. The molecule has 0 aliphatic carbocycles. The fourth-order valence-electron chi connectivity index (χ4n) is 1.44. The molecule has 0 fully saturated rings. The van der Waals surface area contributed by atoms with E-state index in [1.807, 2.05) is 0 Å². The number of hydrogen-bond acceptors (Lipinski definition) is 3. The molecule has 0 bridgehead atoms. The average Bonchev–Trinajstić information content (AvgIpc) is 2.30. The lowest BCUT2D eigenvalue weighted by molar-refractivity contribution is -0.150. The van der Waals surface area contributed by atoms with E-state index < -0.39 is 23.5 Å². The molecular formula is C12H12O4. The van der Waals surface area contributed by atoms with Crippen molar-refractivity contribution in [3.8, 4) is 0 Å². The number of carboxylic acid groups (broad SMARTS) is 1. The maximum Gasteiger partial charge on any atom is 0.372 e. The molecule has 4 nitrogen and oxygen atoms in total. The second kappa shape index (κ2) is 5.21. The predicted octanol–water partition coefficient (Wildman–Crippen LogP) is 1.55. The van der Waals surface area contributed by atoms with Crippen LogP contribution in [0.3, 0.4) is 0 Å². The Balaban J connectivity index is 2.95. The Labute approximate surface area is 92.9 Å². The Kier molecular flexibility index (Phi) is 3.94. The fraction of sp³-hybridized carbons (Fsp3) is 0.250. The number of aliphatic carboxylic acids is 1. The van der Waals surface area contributed by atoms with Crippen LogP contribution >= 0.6 is 0 Å². The van der Waals surface area contributed by atoms with Crippen molar-refractivity contribution in [2.24, 2.45) is 5.92 Å². The van der Waals surface area contributed by atoms with Gasteiger partial charge in [-0.1, -0.05) is 37.3 Å². The van der Waals surface area contributed by atoms with Crippen LogP contribution in [0.2, 0.25) is 0 Å². The van der Waals surface area contributed by atoms with E-state index in [1.54, 1.807) is 37.3 Å². The van der Waals surface area contributed by atoms with Crippen LogP contribution in [0.4, 0.5) is 0 Å². The van der Waals surface area contributed by atoms with Crippen LogP contribution in [0.15, 0.2) is 30.3 Å². The minimum absolute atomic E-state index is 0.193. The number of benzene rings is 1. The standard InChI is InChI=1S/C12H12O4/c1-2-9(11(14)12(15)16)10(13)8-6-4-3-5-7-8/h3-7,9H,2H2,1H3,(H,15,16). The molecule has 0 saturated heterocycles. The molecule has 0 aromatic heterocycles. The van der Waals surface area contributed by atoms with Crippen molar-refractivity contribution in [1.82, 2.24) is 0 Å². The van der Waals surface area contributed by atoms with Crippen LogP contribution in [-0.2, 0) is 9.59 Å². The third-order valence-corrected chi connectivity index (χ3v) is 2.31. The lowest BCUT2D eigenvalue weighted by Crippen LogP contribution is -2.29. The van der Waals surface area contributed by atoms with Gasteiger partial charge in [-0.25, -0.2) is 4.79 Å². The zero-order chi connectivity index (χ0) is 12.1. The van der Waals surface area contributed by atoms with Gasteiger partial charge in [-0.3, -0.25) is 9.59 Å². The molecule has 0 radical (unpaired) electrons. The van der Waals surface area contributed by atoms with E-state index in [0.717, 1.165) is 0 Å². The third kappa shape index (κ3) is 2.53. The van der Waals surface area contributed by atoms with Crippen LogP contribution in [0.25, 0.3) is 0 Å². The van der Waals surface area contributed by atoms with Gasteiger partial charge in [-0.15, -0.1) is 0 Å².